The van der Waals surface area contributed by atoms with Crippen molar-refractivity contribution < 1.29 is 19.2 Å². The molecule has 0 bridgehead atoms. The van der Waals surface area contributed by atoms with E-state index in [1.807, 2.05) is 65.6 Å². The minimum absolute atomic E-state index is 0. The van der Waals surface area contributed by atoms with E-state index in [1.54, 1.807) is 48.5 Å². The lowest BCUT2D eigenvalue weighted by Crippen LogP contribution is -2.51. The fraction of sp³-hybridized carbons (Fsp3) is 0.367. The number of piperazine rings is 1. The van der Waals surface area contributed by atoms with Crippen LogP contribution in [0.3, 0.4) is 0 Å². The fourth-order valence-electron chi connectivity index (χ4n) is 9.78. The average Bonchev–Trinajstić information content (AvgIpc) is 3.84. The first-order valence-electron chi connectivity index (χ1n) is 22.7. The van der Waals surface area contributed by atoms with Crippen molar-refractivity contribution in [1.29, 1.82) is 0 Å². The van der Waals surface area contributed by atoms with Crippen LogP contribution in [0.1, 0.15) is 78.9 Å². The molecule has 67 heavy (non-hydrogen) atoms. The van der Waals surface area contributed by atoms with Crippen LogP contribution in [-0.2, 0) is 20.9 Å². The van der Waals surface area contributed by atoms with Crippen molar-refractivity contribution in [3.8, 4) is 11.4 Å². The highest BCUT2D eigenvalue weighted by atomic mass is 35.5. The second kappa shape index (κ2) is 21.5. The average molecular weight is 933 g/mol. The molecular weight excluding hydrogens is 874 g/mol. The molecule has 352 valence electrons. The summed E-state index contributed by atoms with van der Waals surface area (Å²) in [5, 5.41) is 8.85. The summed E-state index contributed by atoms with van der Waals surface area (Å²) in [6.45, 7) is 2.27. The summed E-state index contributed by atoms with van der Waals surface area (Å²) in [6.07, 6.45) is 4.10. The van der Waals surface area contributed by atoms with Crippen LogP contribution < -0.4 is 38.8 Å². The van der Waals surface area contributed by atoms with Crippen molar-refractivity contribution in [3.05, 3.63) is 147 Å². The molecule has 1 aliphatic carbocycles. The number of halogens is 1. The summed E-state index contributed by atoms with van der Waals surface area (Å²) >= 11 is 0. The molecule has 0 spiro atoms. The quantitative estimate of drug-likeness (QED) is 0.0552. The molecule has 18 heteroatoms. The fourth-order valence-corrected chi connectivity index (χ4v) is 9.78. The van der Waals surface area contributed by atoms with Crippen LogP contribution in [0.5, 0.6) is 0 Å². The van der Waals surface area contributed by atoms with Crippen LogP contribution in [0.25, 0.3) is 11.4 Å². The Labute approximate surface area is 394 Å². The Morgan fingerprint density at radius 2 is 1.33 bits per heavy atom. The molecule has 0 radical (unpaired) electrons. The highest BCUT2D eigenvalue weighted by Gasteiger charge is 2.41. The Bertz CT molecular complexity index is 2630. The second-order valence-corrected chi connectivity index (χ2v) is 17.4. The van der Waals surface area contributed by atoms with E-state index >= 15 is 0 Å². The summed E-state index contributed by atoms with van der Waals surface area (Å²) in [5.41, 5.74) is 13.7. The van der Waals surface area contributed by atoms with Gasteiger partial charge in [-0.3, -0.25) is 29.1 Å². The second-order valence-electron chi connectivity index (χ2n) is 17.4. The number of carbonyl (C=O) groups excluding carboxylic acids is 4. The molecule has 2 atom stereocenters. The minimum atomic E-state index is -0.967. The van der Waals surface area contributed by atoms with Crippen LogP contribution in [0.4, 0.5) is 5.69 Å². The van der Waals surface area contributed by atoms with Crippen molar-refractivity contribution in [2.75, 3.05) is 44.6 Å². The highest BCUT2D eigenvalue weighted by molar-refractivity contribution is 6.07. The third-order valence-corrected chi connectivity index (χ3v) is 13.0. The number of amides is 4. The van der Waals surface area contributed by atoms with Gasteiger partial charge in [-0.15, -0.1) is 12.4 Å². The van der Waals surface area contributed by atoms with E-state index in [0.717, 1.165) is 34.2 Å². The Kier molecular flexibility index (Phi) is 15.4. The molecule has 17 nitrogen and oxygen atoms in total. The molecule has 1 saturated carbocycles. The topological polar surface area (TPSA) is 224 Å². The number of hydrogen-bond acceptors (Lipinski definition) is 8. The van der Waals surface area contributed by atoms with E-state index in [9.17, 15) is 28.8 Å². The zero-order valence-corrected chi connectivity index (χ0v) is 38.2. The van der Waals surface area contributed by atoms with Gasteiger partial charge in [-0.25, -0.2) is 14.2 Å². The summed E-state index contributed by atoms with van der Waals surface area (Å²) in [6, 6.07) is 32.1. The lowest BCUT2D eigenvalue weighted by molar-refractivity contribution is -0.137. The summed E-state index contributed by atoms with van der Waals surface area (Å²) in [5.74, 6) is -1.06. The van der Waals surface area contributed by atoms with Gasteiger partial charge in [0, 0.05) is 69.9 Å². The normalized spacial score (nSPS) is 16.9. The van der Waals surface area contributed by atoms with Crippen LogP contribution in [0.2, 0.25) is 0 Å². The van der Waals surface area contributed by atoms with Gasteiger partial charge >= 0.3 is 11.4 Å². The maximum Gasteiger partial charge on any atom is 0.352 e. The first-order chi connectivity index (χ1) is 32.0. The Balaban J connectivity index is 0.00000666. The first-order valence-corrected chi connectivity index (χ1v) is 22.7. The van der Waals surface area contributed by atoms with Crippen molar-refractivity contribution >= 4 is 47.7 Å². The first kappa shape index (κ1) is 48.0. The molecule has 1 aromatic heterocycles. The van der Waals surface area contributed by atoms with Gasteiger partial charge in [-0.2, -0.15) is 9.36 Å². The van der Waals surface area contributed by atoms with Gasteiger partial charge in [0.15, 0.2) is 5.96 Å². The number of benzene rings is 4. The van der Waals surface area contributed by atoms with Gasteiger partial charge in [0.1, 0.15) is 6.04 Å². The Morgan fingerprint density at radius 1 is 0.746 bits per heavy atom. The van der Waals surface area contributed by atoms with Crippen molar-refractivity contribution in [3.63, 3.8) is 0 Å². The number of carbonyl (C=O) groups is 4. The summed E-state index contributed by atoms with van der Waals surface area (Å²) < 4.78 is 3.67. The zero-order valence-electron chi connectivity index (χ0n) is 37.3. The zero-order chi connectivity index (χ0) is 46.2. The predicted molar refractivity (Wildman–Crippen MR) is 259 cm³/mol. The Hall–Kier alpha value is -6.98. The van der Waals surface area contributed by atoms with E-state index in [-0.39, 0.29) is 81.0 Å². The minimum Gasteiger partial charge on any atom is -0.370 e. The number of nitrogens with two attached hydrogens (primary N) is 2. The number of rotatable bonds is 16. The van der Waals surface area contributed by atoms with Gasteiger partial charge in [0.05, 0.1) is 17.4 Å². The predicted octanol–water partition coefficient (Wildman–Crippen LogP) is 3.71. The molecule has 1 unspecified atom stereocenters. The number of fused-ring (bicyclic) bond motifs is 2. The number of aliphatic imine (C=N–C) groups is 1. The number of guanidine groups is 1. The van der Waals surface area contributed by atoms with Crippen molar-refractivity contribution in [2.45, 2.75) is 70.0 Å². The number of nitrogens with zero attached hydrogens (tertiary/aromatic N) is 6. The Morgan fingerprint density at radius 3 is 1.96 bits per heavy atom. The molecule has 4 amide bonds. The number of para-hydroxylation sites is 3. The molecule has 7 N–H and O–H groups in total. The summed E-state index contributed by atoms with van der Waals surface area (Å²) in [4.78, 5) is 91.0. The maximum absolute atomic E-state index is 14.1. The lowest BCUT2D eigenvalue weighted by atomic mass is 9.78. The van der Waals surface area contributed by atoms with E-state index in [2.05, 4.69) is 25.8 Å². The van der Waals surface area contributed by atoms with E-state index in [1.165, 1.54) is 9.36 Å². The number of hydrogen-bond donors (Lipinski definition) is 5. The molecule has 4 aromatic carbocycles. The monoisotopic (exact) mass is 931 g/mol. The molecule has 5 aromatic rings. The van der Waals surface area contributed by atoms with Crippen LogP contribution in [0, 0.1) is 5.41 Å². The van der Waals surface area contributed by atoms with Crippen LogP contribution in [-0.4, -0.2) is 98.6 Å². The molecule has 3 aliphatic rings. The number of nitrogens with one attached hydrogen (secondary N) is 3. The SMILES string of the molecule is Cl.NC(N)=NCCC[C@@H](NC(=O)CC1(CC(=O)N2CCN(C3c4ccccc4NC(=O)c4ccccc43)CC2)CCCC1)C(=O)NCCn1c(=O)n(-c2ccccc2)n(-c2ccccc2)c1=O. The largest absolute Gasteiger partial charge is 0.370 e. The van der Waals surface area contributed by atoms with Gasteiger partial charge in [0.2, 0.25) is 17.7 Å². The standard InChI is InChI=1S/C49H57N11O6.ClH/c50-46(51)53-25-13-22-40(45(64)52-26-27-58-47(65)59(34-14-3-1-4-15-34)60(48(58)66)35-16-5-2-6-17-35)54-41(61)32-49(23-11-12-24-49)33-42(62)56-28-30-57(31-29-56)43-36-18-7-8-19-37(36)44(63)55-39-21-10-9-20-38(39)43;/h1-10,14-21,40,43H,11-13,22-33H2,(H,52,64)(H,54,61)(H,55,63)(H4,50,51,53);1H/t40-,43?;/m1./s1. The molecule has 2 aliphatic heterocycles. The van der Waals surface area contributed by atoms with E-state index in [0.29, 0.717) is 62.4 Å². The van der Waals surface area contributed by atoms with E-state index < -0.39 is 28.7 Å². The van der Waals surface area contributed by atoms with Gasteiger partial charge in [-0.05, 0) is 78.6 Å². The van der Waals surface area contributed by atoms with Gasteiger partial charge in [0.25, 0.3) is 5.91 Å². The molecule has 2 fully saturated rings. The highest BCUT2D eigenvalue weighted by Crippen LogP contribution is 2.45. The van der Waals surface area contributed by atoms with Crippen molar-refractivity contribution in [2.24, 2.45) is 21.9 Å². The number of aromatic nitrogens is 3. The van der Waals surface area contributed by atoms with Crippen LogP contribution >= 0.6 is 12.4 Å². The molecule has 8 rings (SSSR count). The third kappa shape index (κ3) is 10.8. The van der Waals surface area contributed by atoms with E-state index in [4.69, 9.17) is 11.5 Å². The summed E-state index contributed by atoms with van der Waals surface area (Å²) in [7, 11) is 0. The third-order valence-electron chi connectivity index (χ3n) is 13.0. The van der Waals surface area contributed by atoms with Crippen molar-refractivity contribution in [1.82, 2.24) is 34.4 Å². The molecular formula is C49H58ClN11O6. The van der Waals surface area contributed by atoms with Gasteiger partial charge < -0.3 is 32.3 Å². The maximum atomic E-state index is 14.1. The van der Waals surface area contributed by atoms with Gasteiger partial charge in [-0.1, -0.05) is 85.6 Å². The number of anilines is 1. The van der Waals surface area contributed by atoms with Crippen LogP contribution in [0.15, 0.2) is 124 Å². The lowest BCUT2D eigenvalue weighted by Gasteiger charge is -2.41. The molecule has 3 heterocycles. The smallest absolute Gasteiger partial charge is 0.352 e. The molecule has 1 saturated heterocycles.